The maximum absolute atomic E-state index is 9.75. The fourth-order valence-corrected chi connectivity index (χ4v) is 1.86. The van der Waals surface area contributed by atoms with Crippen LogP contribution in [-0.2, 0) is 11.3 Å². The van der Waals surface area contributed by atoms with Gasteiger partial charge in [0.1, 0.15) is 5.75 Å². The normalized spacial score (nSPS) is 11.8. The summed E-state index contributed by atoms with van der Waals surface area (Å²) < 4.78 is 5.28. The van der Waals surface area contributed by atoms with Crippen LogP contribution in [0.25, 0.3) is 0 Å². The van der Waals surface area contributed by atoms with E-state index in [-0.39, 0.29) is 16.4 Å². The number of halogens is 2. The molecule has 1 aromatic carbocycles. The summed E-state index contributed by atoms with van der Waals surface area (Å²) in [5, 5.41) is 13.7. The van der Waals surface area contributed by atoms with Gasteiger partial charge in [-0.25, -0.2) is 0 Å². The average Bonchev–Trinajstić information content (AvgIpc) is 2.24. The van der Waals surface area contributed by atoms with Crippen LogP contribution in [0.15, 0.2) is 12.1 Å². The first-order valence-corrected chi connectivity index (χ1v) is 6.04. The molecule has 0 bridgehead atoms. The lowest BCUT2D eigenvalue weighted by Crippen LogP contribution is -2.36. The fraction of sp³-hybridized carbons (Fsp3) is 0.500. The summed E-state index contributed by atoms with van der Waals surface area (Å²) in [7, 11) is 1.66. The van der Waals surface area contributed by atoms with Crippen molar-refractivity contribution >= 4 is 23.2 Å². The standard InChI is InChI=1S/C12H17Cl2NO2/c1-12(2,17-3)7-15-6-8-4-9(13)5-10(14)11(8)16/h4-5,15-16H,6-7H2,1-3H3. The Kier molecular flexibility index (Phi) is 5.07. The number of phenolic OH excluding ortho intramolecular Hbond substituents is 1. The van der Waals surface area contributed by atoms with Crippen LogP contribution < -0.4 is 5.32 Å². The van der Waals surface area contributed by atoms with Crippen LogP contribution in [-0.4, -0.2) is 24.4 Å². The van der Waals surface area contributed by atoms with Crippen LogP contribution in [0.2, 0.25) is 10.0 Å². The second kappa shape index (κ2) is 5.91. The molecule has 0 saturated heterocycles. The van der Waals surface area contributed by atoms with Gasteiger partial charge in [0.15, 0.2) is 0 Å². The highest BCUT2D eigenvalue weighted by Crippen LogP contribution is 2.30. The van der Waals surface area contributed by atoms with Gasteiger partial charge in [-0.05, 0) is 26.0 Å². The van der Waals surface area contributed by atoms with E-state index in [4.69, 9.17) is 27.9 Å². The van der Waals surface area contributed by atoms with E-state index in [2.05, 4.69) is 5.32 Å². The number of ether oxygens (including phenoxy) is 1. The Morgan fingerprint density at radius 1 is 1.35 bits per heavy atom. The van der Waals surface area contributed by atoms with Gasteiger partial charge in [-0.1, -0.05) is 23.2 Å². The van der Waals surface area contributed by atoms with Crippen molar-refractivity contribution in [1.29, 1.82) is 0 Å². The Morgan fingerprint density at radius 2 is 2.00 bits per heavy atom. The molecule has 2 N–H and O–H groups in total. The first-order chi connectivity index (χ1) is 7.85. The van der Waals surface area contributed by atoms with E-state index in [1.165, 1.54) is 6.07 Å². The summed E-state index contributed by atoms with van der Waals surface area (Å²) in [6.07, 6.45) is 0. The molecule has 1 rings (SSSR count). The Balaban J connectivity index is 2.64. The van der Waals surface area contributed by atoms with Crippen LogP contribution >= 0.6 is 23.2 Å². The lowest BCUT2D eigenvalue weighted by molar-refractivity contribution is 0.0230. The molecule has 0 amide bonds. The highest BCUT2D eigenvalue weighted by molar-refractivity contribution is 6.35. The Hall–Kier alpha value is -0.480. The van der Waals surface area contributed by atoms with Crippen molar-refractivity contribution in [2.75, 3.05) is 13.7 Å². The van der Waals surface area contributed by atoms with Crippen molar-refractivity contribution in [3.8, 4) is 5.75 Å². The maximum atomic E-state index is 9.75. The molecule has 1 aromatic rings. The molecule has 0 unspecified atom stereocenters. The van der Waals surface area contributed by atoms with Gasteiger partial charge in [0, 0.05) is 30.8 Å². The molecule has 96 valence electrons. The number of hydrogen-bond donors (Lipinski definition) is 2. The first-order valence-electron chi connectivity index (χ1n) is 5.28. The van der Waals surface area contributed by atoms with E-state index < -0.39 is 0 Å². The van der Waals surface area contributed by atoms with Gasteiger partial charge in [-0.2, -0.15) is 0 Å². The second-order valence-electron chi connectivity index (χ2n) is 4.46. The van der Waals surface area contributed by atoms with E-state index in [1.54, 1.807) is 13.2 Å². The lowest BCUT2D eigenvalue weighted by atomic mass is 10.1. The lowest BCUT2D eigenvalue weighted by Gasteiger charge is -2.23. The number of nitrogens with one attached hydrogen (secondary N) is 1. The molecular formula is C12H17Cl2NO2. The van der Waals surface area contributed by atoms with E-state index in [0.29, 0.717) is 23.7 Å². The summed E-state index contributed by atoms with van der Waals surface area (Å²) >= 11 is 11.7. The largest absolute Gasteiger partial charge is 0.506 e. The molecule has 0 heterocycles. The average molecular weight is 278 g/mol. The quantitative estimate of drug-likeness (QED) is 0.869. The van der Waals surface area contributed by atoms with Gasteiger partial charge in [-0.15, -0.1) is 0 Å². The summed E-state index contributed by atoms with van der Waals surface area (Å²) in [6.45, 7) is 5.10. The Bertz CT molecular complexity index is 394. The number of rotatable bonds is 5. The summed E-state index contributed by atoms with van der Waals surface area (Å²) in [5.41, 5.74) is 0.423. The van der Waals surface area contributed by atoms with Crippen molar-refractivity contribution in [3.05, 3.63) is 27.7 Å². The maximum Gasteiger partial charge on any atom is 0.138 e. The summed E-state index contributed by atoms with van der Waals surface area (Å²) in [4.78, 5) is 0. The minimum Gasteiger partial charge on any atom is -0.506 e. The zero-order valence-electron chi connectivity index (χ0n) is 10.2. The van der Waals surface area contributed by atoms with Gasteiger partial charge < -0.3 is 15.2 Å². The van der Waals surface area contributed by atoms with Crippen LogP contribution in [0.1, 0.15) is 19.4 Å². The topological polar surface area (TPSA) is 41.5 Å². The van der Waals surface area contributed by atoms with Gasteiger partial charge in [0.05, 0.1) is 10.6 Å². The van der Waals surface area contributed by atoms with E-state index in [0.717, 1.165) is 0 Å². The van der Waals surface area contributed by atoms with Crippen LogP contribution in [0.4, 0.5) is 0 Å². The number of methoxy groups -OCH3 is 1. The minimum absolute atomic E-state index is 0.0683. The molecule has 0 aliphatic heterocycles. The summed E-state index contributed by atoms with van der Waals surface area (Å²) in [6, 6.07) is 3.20. The van der Waals surface area contributed by atoms with E-state index >= 15 is 0 Å². The van der Waals surface area contributed by atoms with Crippen LogP contribution in [0.5, 0.6) is 5.75 Å². The second-order valence-corrected chi connectivity index (χ2v) is 5.31. The predicted molar refractivity (Wildman–Crippen MR) is 70.9 cm³/mol. The third-order valence-corrected chi connectivity index (χ3v) is 3.03. The monoisotopic (exact) mass is 277 g/mol. The zero-order chi connectivity index (χ0) is 13.1. The third-order valence-electron chi connectivity index (χ3n) is 2.53. The molecule has 0 aliphatic carbocycles. The smallest absolute Gasteiger partial charge is 0.138 e. The van der Waals surface area contributed by atoms with Crippen LogP contribution in [0, 0.1) is 0 Å². The van der Waals surface area contributed by atoms with E-state index in [1.807, 2.05) is 13.8 Å². The SMILES string of the molecule is COC(C)(C)CNCc1cc(Cl)cc(Cl)c1O. The van der Waals surface area contributed by atoms with Crippen molar-refractivity contribution in [1.82, 2.24) is 5.32 Å². The fourth-order valence-electron chi connectivity index (χ4n) is 1.32. The van der Waals surface area contributed by atoms with Gasteiger partial charge in [0.2, 0.25) is 0 Å². The number of hydrogen-bond acceptors (Lipinski definition) is 3. The molecule has 0 aromatic heterocycles. The molecule has 17 heavy (non-hydrogen) atoms. The van der Waals surface area contributed by atoms with Gasteiger partial charge >= 0.3 is 0 Å². The molecule has 0 atom stereocenters. The predicted octanol–water partition coefficient (Wildman–Crippen LogP) is 3.21. The highest BCUT2D eigenvalue weighted by Gasteiger charge is 2.16. The van der Waals surface area contributed by atoms with Gasteiger partial charge in [0.25, 0.3) is 0 Å². The molecule has 0 fully saturated rings. The van der Waals surface area contributed by atoms with Gasteiger partial charge in [-0.3, -0.25) is 0 Å². The number of phenols is 1. The van der Waals surface area contributed by atoms with Crippen molar-refractivity contribution in [3.63, 3.8) is 0 Å². The highest BCUT2D eigenvalue weighted by atomic mass is 35.5. The first kappa shape index (κ1) is 14.6. The third kappa shape index (κ3) is 4.36. The molecular weight excluding hydrogens is 261 g/mol. The molecule has 5 heteroatoms. The molecule has 0 saturated carbocycles. The zero-order valence-corrected chi connectivity index (χ0v) is 11.7. The van der Waals surface area contributed by atoms with E-state index in [9.17, 15) is 5.11 Å². The van der Waals surface area contributed by atoms with Crippen molar-refractivity contribution < 1.29 is 9.84 Å². The Morgan fingerprint density at radius 3 is 2.59 bits per heavy atom. The molecule has 0 spiro atoms. The Labute approximate surface area is 112 Å². The van der Waals surface area contributed by atoms with Crippen molar-refractivity contribution in [2.45, 2.75) is 26.0 Å². The summed E-state index contributed by atoms with van der Waals surface area (Å²) in [5.74, 6) is 0.0683. The minimum atomic E-state index is -0.252. The molecule has 3 nitrogen and oxygen atoms in total. The number of aromatic hydroxyl groups is 1. The van der Waals surface area contributed by atoms with Crippen LogP contribution in [0.3, 0.4) is 0 Å². The molecule has 0 aliphatic rings. The number of benzene rings is 1. The van der Waals surface area contributed by atoms with Crippen molar-refractivity contribution in [2.24, 2.45) is 0 Å². The molecule has 0 radical (unpaired) electrons.